The average molecular weight is 369 g/mol. The first-order valence-corrected chi connectivity index (χ1v) is 6.62. The van der Waals surface area contributed by atoms with Gasteiger partial charge in [0.1, 0.15) is 10.6 Å². The Morgan fingerprint density at radius 3 is 2.94 bits per heavy atom. The number of carbonyl (C=O) groups excluding carboxylic acids is 1. The summed E-state index contributed by atoms with van der Waals surface area (Å²) in [4.78, 5) is 10.7. The van der Waals surface area contributed by atoms with Gasteiger partial charge in [-0.3, -0.25) is 4.79 Å². The van der Waals surface area contributed by atoms with Crippen molar-refractivity contribution in [3.05, 3.63) is 34.1 Å². The van der Waals surface area contributed by atoms with E-state index in [1.807, 2.05) is 0 Å². The smallest absolute Gasteiger partial charge is 0.320 e. The lowest BCUT2D eigenvalue weighted by Gasteiger charge is -2.10. The quantitative estimate of drug-likeness (QED) is 0.641. The Labute approximate surface area is 116 Å². The molecule has 1 rings (SSSR count). The van der Waals surface area contributed by atoms with Crippen LogP contribution in [0.2, 0.25) is 0 Å². The van der Waals surface area contributed by atoms with Crippen molar-refractivity contribution in [3.63, 3.8) is 0 Å². The van der Waals surface area contributed by atoms with E-state index in [-0.39, 0.29) is 11.8 Å². The molecule has 1 aromatic carbocycles. The minimum Gasteiger partial charge on any atom is -0.468 e. The number of hydrogen-bond acceptors (Lipinski definition) is 3. The van der Waals surface area contributed by atoms with E-state index < -0.39 is 4.83 Å². The molecule has 0 aliphatic heterocycles. The van der Waals surface area contributed by atoms with Crippen LogP contribution in [0.5, 0.6) is 0 Å². The van der Waals surface area contributed by atoms with Crippen LogP contribution in [0.1, 0.15) is 5.56 Å². The Morgan fingerprint density at radius 1 is 1.59 bits per heavy atom. The second-order valence-corrected chi connectivity index (χ2v) is 5.32. The number of carbonyl (C=O) groups is 1. The molecule has 0 heterocycles. The minimum atomic E-state index is -0.403. The number of benzene rings is 1. The number of methoxy groups -OCH3 is 1. The zero-order chi connectivity index (χ0) is 12.8. The third-order valence-electron chi connectivity index (χ3n) is 2.10. The topological polar surface area (TPSA) is 38.3 Å². The Bertz CT molecular complexity index is 401. The molecule has 0 aromatic heterocycles. The summed E-state index contributed by atoms with van der Waals surface area (Å²) in [5, 5.41) is 3.04. The Kier molecular flexibility index (Phi) is 6.08. The second kappa shape index (κ2) is 7.08. The molecule has 0 radical (unpaired) electrons. The van der Waals surface area contributed by atoms with Crippen LogP contribution in [0.3, 0.4) is 0 Å². The summed E-state index contributed by atoms with van der Waals surface area (Å²) in [6, 6.07) is 4.48. The molecule has 0 fully saturated rings. The first kappa shape index (κ1) is 14.6. The van der Waals surface area contributed by atoms with Crippen LogP contribution in [0, 0.1) is 5.82 Å². The van der Waals surface area contributed by atoms with Crippen LogP contribution in [0.4, 0.5) is 4.39 Å². The van der Waals surface area contributed by atoms with E-state index in [1.54, 1.807) is 6.07 Å². The van der Waals surface area contributed by atoms with Crippen molar-refractivity contribution in [1.82, 2.24) is 5.32 Å². The lowest BCUT2D eigenvalue weighted by Crippen LogP contribution is -2.29. The first-order valence-electron chi connectivity index (χ1n) is 4.91. The van der Waals surface area contributed by atoms with Crippen molar-refractivity contribution in [2.45, 2.75) is 11.4 Å². The third-order valence-corrected chi connectivity index (χ3v) is 3.57. The molecule has 1 atom stereocenters. The van der Waals surface area contributed by atoms with Crippen molar-refractivity contribution in [1.29, 1.82) is 0 Å². The number of ether oxygens (including phenoxy) is 1. The van der Waals surface area contributed by atoms with E-state index >= 15 is 0 Å². The molecule has 3 nitrogen and oxygen atoms in total. The summed E-state index contributed by atoms with van der Waals surface area (Å²) in [5.41, 5.74) is 0.801. The third kappa shape index (κ3) is 4.73. The highest BCUT2D eigenvalue weighted by Gasteiger charge is 2.14. The van der Waals surface area contributed by atoms with Crippen LogP contribution in [0.25, 0.3) is 0 Å². The highest BCUT2D eigenvalue weighted by molar-refractivity contribution is 9.10. The predicted octanol–water partition coefficient (Wildman–Crippen LogP) is 2.61. The van der Waals surface area contributed by atoms with Crippen molar-refractivity contribution in [3.8, 4) is 0 Å². The van der Waals surface area contributed by atoms with E-state index in [0.717, 1.165) is 10.0 Å². The van der Waals surface area contributed by atoms with E-state index in [1.165, 1.54) is 19.2 Å². The van der Waals surface area contributed by atoms with Crippen molar-refractivity contribution < 1.29 is 13.9 Å². The van der Waals surface area contributed by atoms with E-state index in [2.05, 4.69) is 41.9 Å². The minimum absolute atomic E-state index is 0.284. The molecule has 17 heavy (non-hydrogen) atoms. The zero-order valence-corrected chi connectivity index (χ0v) is 12.3. The van der Waals surface area contributed by atoms with Gasteiger partial charge in [-0.2, -0.15) is 0 Å². The molecule has 0 bridgehead atoms. The number of rotatable bonds is 5. The van der Waals surface area contributed by atoms with Crippen LogP contribution in [-0.2, 0) is 16.1 Å². The van der Waals surface area contributed by atoms with Gasteiger partial charge in [0.15, 0.2) is 0 Å². The summed E-state index contributed by atoms with van der Waals surface area (Å²) in [5.74, 6) is -0.621. The monoisotopic (exact) mass is 367 g/mol. The van der Waals surface area contributed by atoms with Gasteiger partial charge in [0.05, 0.1) is 7.11 Å². The Hall–Kier alpha value is -0.460. The molecule has 0 amide bonds. The number of halogens is 3. The molecular weight excluding hydrogens is 357 g/mol. The van der Waals surface area contributed by atoms with Crippen LogP contribution in [-0.4, -0.2) is 24.5 Å². The van der Waals surface area contributed by atoms with Gasteiger partial charge in [0.2, 0.25) is 0 Å². The first-order chi connectivity index (χ1) is 8.04. The molecule has 1 N–H and O–H groups in total. The van der Waals surface area contributed by atoms with Gasteiger partial charge >= 0.3 is 5.97 Å². The summed E-state index contributed by atoms with van der Waals surface area (Å²) >= 11 is 6.52. The number of hydrogen-bond donors (Lipinski definition) is 1. The summed E-state index contributed by atoms with van der Waals surface area (Å²) in [7, 11) is 1.33. The second-order valence-electron chi connectivity index (χ2n) is 3.36. The molecular formula is C11H12Br2FNO2. The number of nitrogens with one attached hydrogen (secondary N) is 1. The fraction of sp³-hybridized carbons (Fsp3) is 0.364. The highest BCUT2D eigenvalue weighted by atomic mass is 79.9. The van der Waals surface area contributed by atoms with Crippen LogP contribution < -0.4 is 5.32 Å². The maximum Gasteiger partial charge on any atom is 0.320 e. The maximum atomic E-state index is 13.0. The summed E-state index contributed by atoms with van der Waals surface area (Å²) < 4.78 is 18.4. The van der Waals surface area contributed by atoms with Gasteiger partial charge in [-0.05, 0) is 23.8 Å². The van der Waals surface area contributed by atoms with Crippen molar-refractivity contribution >= 4 is 37.8 Å². The van der Waals surface area contributed by atoms with Crippen molar-refractivity contribution in [2.75, 3.05) is 13.7 Å². The molecule has 1 aromatic rings. The zero-order valence-electron chi connectivity index (χ0n) is 9.17. The van der Waals surface area contributed by atoms with Gasteiger partial charge in [0.25, 0.3) is 0 Å². The molecule has 0 aliphatic rings. The van der Waals surface area contributed by atoms with Crippen molar-refractivity contribution in [2.24, 2.45) is 0 Å². The Morgan fingerprint density at radius 2 is 2.29 bits per heavy atom. The molecule has 0 saturated heterocycles. The van der Waals surface area contributed by atoms with Gasteiger partial charge in [-0.25, -0.2) is 4.39 Å². The molecule has 0 saturated carbocycles. The van der Waals surface area contributed by atoms with E-state index in [0.29, 0.717) is 13.1 Å². The maximum absolute atomic E-state index is 13.0. The van der Waals surface area contributed by atoms with Gasteiger partial charge in [-0.15, -0.1) is 0 Å². The highest BCUT2D eigenvalue weighted by Crippen LogP contribution is 2.17. The van der Waals surface area contributed by atoms with E-state index in [4.69, 9.17) is 0 Å². The SMILES string of the molecule is COC(=O)C(Br)CNCc1cc(F)ccc1Br. The normalized spacial score (nSPS) is 12.2. The molecule has 94 valence electrons. The number of alkyl halides is 1. The summed E-state index contributed by atoms with van der Waals surface area (Å²) in [6.07, 6.45) is 0. The summed E-state index contributed by atoms with van der Waals surface area (Å²) in [6.45, 7) is 0.882. The standard InChI is InChI=1S/C11H12Br2FNO2/c1-17-11(16)10(13)6-15-5-7-4-8(14)2-3-9(7)12/h2-4,10,15H,5-6H2,1H3. The average Bonchev–Trinajstić information content (AvgIpc) is 2.32. The largest absolute Gasteiger partial charge is 0.468 e. The lowest BCUT2D eigenvalue weighted by atomic mass is 10.2. The Balaban J connectivity index is 2.45. The van der Waals surface area contributed by atoms with Gasteiger partial charge < -0.3 is 10.1 Å². The predicted molar refractivity (Wildman–Crippen MR) is 70.5 cm³/mol. The molecule has 0 spiro atoms. The fourth-order valence-electron chi connectivity index (χ4n) is 1.22. The van der Waals surface area contributed by atoms with Gasteiger partial charge in [-0.1, -0.05) is 31.9 Å². The molecule has 0 aliphatic carbocycles. The van der Waals surface area contributed by atoms with E-state index in [9.17, 15) is 9.18 Å². The fourth-order valence-corrected chi connectivity index (χ4v) is 2.03. The van der Waals surface area contributed by atoms with Gasteiger partial charge in [0, 0.05) is 17.6 Å². The van der Waals surface area contributed by atoms with Crippen LogP contribution >= 0.6 is 31.9 Å². The number of esters is 1. The molecule has 1 unspecified atom stereocenters. The lowest BCUT2D eigenvalue weighted by molar-refractivity contribution is -0.139. The van der Waals surface area contributed by atoms with Crippen LogP contribution in [0.15, 0.2) is 22.7 Å². The molecule has 6 heteroatoms.